The highest BCUT2D eigenvalue weighted by Crippen LogP contribution is 2.35. The molecule has 1 heterocycles. The second-order valence-corrected chi connectivity index (χ2v) is 8.21. The Kier molecular flexibility index (Phi) is 6.55. The minimum Gasteiger partial charge on any atom is -0.493 e. The standard InChI is InChI=1S/C26H25N5O4/c1-34-21-11-14(10-19-13-30-26(29)31-24(19)27)9-17(23(21)35-2)6-5-16-12-18(25(28)33)7-8-20(16)22(32)15-3-4-15/h7-9,11-13,15H,3-4,10H2,1-2H3,(H2,28,33)(H4,27,29,30,31). The Balaban J connectivity index is 1.79. The van der Waals surface area contributed by atoms with Crippen LogP contribution in [0.15, 0.2) is 36.5 Å². The number of Topliss-reactive ketones (excluding diaryl/α,β-unsaturated/α-hetero) is 1. The van der Waals surface area contributed by atoms with Gasteiger partial charge in [0.05, 0.1) is 19.8 Å². The summed E-state index contributed by atoms with van der Waals surface area (Å²) in [7, 11) is 3.05. The molecule has 3 aromatic rings. The normalized spacial score (nSPS) is 12.4. The van der Waals surface area contributed by atoms with Crippen molar-refractivity contribution in [2.45, 2.75) is 19.3 Å². The van der Waals surface area contributed by atoms with Gasteiger partial charge in [-0.05, 0) is 48.7 Å². The summed E-state index contributed by atoms with van der Waals surface area (Å²) in [5, 5.41) is 0. The average molecular weight is 472 g/mol. The molecule has 1 aliphatic rings. The van der Waals surface area contributed by atoms with E-state index in [1.165, 1.54) is 14.2 Å². The molecular formula is C26H25N5O4. The average Bonchev–Trinajstić information content (AvgIpc) is 3.69. The topological polar surface area (TPSA) is 156 Å². The number of carbonyl (C=O) groups excluding carboxylic acids is 2. The number of methoxy groups -OCH3 is 2. The van der Waals surface area contributed by atoms with Crippen molar-refractivity contribution < 1.29 is 19.1 Å². The van der Waals surface area contributed by atoms with Crippen molar-refractivity contribution in [2.24, 2.45) is 11.7 Å². The predicted octanol–water partition coefficient (Wildman–Crippen LogP) is 2.34. The highest BCUT2D eigenvalue weighted by Gasteiger charge is 2.31. The molecule has 0 atom stereocenters. The van der Waals surface area contributed by atoms with Crippen LogP contribution in [0.3, 0.4) is 0 Å². The largest absolute Gasteiger partial charge is 0.493 e. The van der Waals surface area contributed by atoms with Crippen molar-refractivity contribution in [3.63, 3.8) is 0 Å². The molecular weight excluding hydrogens is 446 g/mol. The summed E-state index contributed by atoms with van der Waals surface area (Å²) in [5.74, 6) is 6.84. The molecule has 9 heteroatoms. The second kappa shape index (κ2) is 9.73. The van der Waals surface area contributed by atoms with Crippen molar-refractivity contribution in [1.29, 1.82) is 0 Å². The van der Waals surface area contributed by atoms with E-state index >= 15 is 0 Å². The van der Waals surface area contributed by atoms with Crippen LogP contribution in [0, 0.1) is 17.8 Å². The molecule has 1 fully saturated rings. The molecule has 0 bridgehead atoms. The fourth-order valence-electron chi connectivity index (χ4n) is 3.72. The van der Waals surface area contributed by atoms with Crippen molar-refractivity contribution in [3.05, 3.63) is 69.9 Å². The lowest BCUT2D eigenvalue weighted by molar-refractivity contribution is 0.0963. The van der Waals surface area contributed by atoms with Gasteiger partial charge in [0, 0.05) is 40.8 Å². The maximum Gasteiger partial charge on any atom is 0.248 e. The van der Waals surface area contributed by atoms with E-state index < -0.39 is 5.91 Å². The highest BCUT2D eigenvalue weighted by molar-refractivity contribution is 6.03. The summed E-state index contributed by atoms with van der Waals surface area (Å²) in [6.07, 6.45) is 3.69. The Morgan fingerprint density at radius 3 is 2.43 bits per heavy atom. The Bertz CT molecular complexity index is 1390. The maximum absolute atomic E-state index is 12.8. The van der Waals surface area contributed by atoms with Crippen molar-refractivity contribution in [2.75, 3.05) is 25.7 Å². The van der Waals surface area contributed by atoms with Gasteiger partial charge in [-0.1, -0.05) is 11.8 Å². The number of hydrogen-bond donors (Lipinski definition) is 3. The Labute approximate surface area is 202 Å². The van der Waals surface area contributed by atoms with Gasteiger partial charge >= 0.3 is 0 Å². The van der Waals surface area contributed by atoms with Crippen molar-refractivity contribution >= 4 is 23.5 Å². The van der Waals surface area contributed by atoms with Crippen molar-refractivity contribution in [3.8, 4) is 23.3 Å². The molecule has 0 unspecified atom stereocenters. The molecule has 0 radical (unpaired) electrons. The summed E-state index contributed by atoms with van der Waals surface area (Å²) < 4.78 is 11.1. The van der Waals surface area contributed by atoms with Gasteiger partial charge in [0.25, 0.3) is 0 Å². The van der Waals surface area contributed by atoms with E-state index in [1.807, 2.05) is 12.1 Å². The molecule has 9 nitrogen and oxygen atoms in total. The molecule has 4 rings (SSSR count). The van der Waals surface area contributed by atoms with Crippen LogP contribution >= 0.6 is 0 Å². The van der Waals surface area contributed by atoms with E-state index in [0.29, 0.717) is 40.2 Å². The molecule has 178 valence electrons. The van der Waals surface area contributed by atoms with Crippen LogP contribution in [0.5, 0.6) is 11.5 Å². The van der Waals surface area contributed by atoms with Gasteiger partial charge in [-0.15, -0.1) is 0 Å². The van der Waals surface area contributed by atoms with E-state index in [9.17, 15) is 9.59 Å². The molecule has 6 N–H and O–H groups in total. The molecule has 0 saturated heterocycles. The molecule has 35 heavy (non-hydrogen) atoms. The van der Waals surface area contributed by atoms with E-state index in [1.54, 1.807) is 24.4 Å². The Morgan fingerprint density at radius 1 is 1.06 bits per heavy atom. The lowest BCUT2D eigenvalue weighted by atomic mass is 9.97. The van der Waals surface area contributed by atoms with E-state index in [0.717, 1.165) is 18.4 Å². The van der Waals surface area contributed by atoms with Gasteiger partial charge in [-0.3, -0.25) is 9.59 Å². The van der Waals surface area contributed by atoms with Crippen molar-refractivity contribution in [1.82, 2.24) is 9.97 Å². The Hall–Kier alpha value is -4.58. The fourth-order valence-corrected chi connectivity index (χ4v) is 3.72. The summed E-state index contributed by atoms with van der Waals surface area (Å²) in [4.78, 5) is 32.5. The third-order valence-electron chi connectivity index (χ3n) is 5.70. The number of nitrogen functional groups attached to an aromatic ring is 2. The number of anilines is 2. The summed E-state index contributed by atoms with van der Waals surface area (Å²) in [6, 6.07) is 8.36. The number of hydrogen-bond acceptors (Lipinski definition) is 8. The number of carbonyl (C=O) groups is 2. The quantitative estimate of drug-likeness (QED) is 0.350. The molecule has 1 aliphatic carbocycles. The zero-order chi connectivity index (χ0) is 25.1. The first kappa shape index (κ1) is 23.6. The van der Waals surface area contributed by atoms with Gasteiger partial charge in [0.1, 0.15) is 5.82 Å². The van der Waals surface area contributed by atoms with E-state index in [-0.39, 0.29) is 29.0 Å². The van der Waals surface area contributed by atoms with Crippen LogP contribution in [0.25, 0.3) is 0 Å². The summed E-state index contributed by atoms with van der Waals surface area (Å²) >= 11 is 0. The van der Waals surface area contributed by atoms with Crippen LogP contribution < -0.4 is 26.7 Å². The Morgan fingerprint density at radius 2 is 1.80 bits per heavy atom. The first-order valence-corrected chi connectivity index (χ1v) is 10.9. The third-order valence-corrected chi connectivity index (χ3v) is 5.70. The van der Waals surface area contributed by atoms with Crippen LogP contribution in [0.1, 0.15) is 55.8 Å². The smallest absolute Gasteiger partial charge is 0.248 e. The highest BCUT2D eigenvalue weighted by atomic mass is 16.5. The van der Waals surface area contributed by atoms with E-state index in [4.69, 9.17) is 26.7 Å². The van der Waals surface area contributed by atoms with Crippen LogP contribution in [0.2, 0.25) is 0 Å². The number of amides is 1. The maximum atomic E-state index is 12.8. The van der Waals surface area contributed by atoms with Crippen LogP contribution in [0.4, 0.5) is 11.8 Å². The molecule has 0 spiro atoms. The van der Waals surface area contributed by atoms with Gasteiger partial charge < -0.3 is 26.7 Å². The summed E-state index contributed by atoms with van der Waals surface area (Å²) in [6.45, 7) is 0. The number of primary amides is 1. The number of nitrogens with zero attached hydrogens (tertiary/aromatic N) is 2. The number of ketones is 1. The zero-order valence-electron chi connectivity index (χ0n) is 19.4. The van der Waals surface area contributed by atoms with Crippen LogP contribution in [-0.4, -0.2) is 35.9 Å². The molecule has 1 amide bonds. The third kappa shape index (κ3) is 5.17. The molecule has 0 aliphatic heterocycles. The van der Waals surface area contributed by atoms with Gasteiger partial charge in [0.2, 0.25) is 11.9 Å². The second-order valence-electron chi connectivity index (χ2n) is 8.21. The number of nitrogens with two attached hydrogens (primary N) is 3. The first-order valence-electron chi connectivity index (χ1n) is 10.9. The number of benzene rings is 2. The molecule has 1 aromatic heterocycles. The number of aromatic nitrogens is 2. The summed E-state index contributed by atoms with van der Waals surface area (Å²) in [5.41, 5.74) is 20.3. The number of ether oxygens (including phenoxy) is 2. The predicted molar refractivity (Wildman–Crippen MR) is 131 cm³/mol. The monoisotopic (exact) mass is 471 g/mol. The number of rotatable bonds is 7. The lowest BCUT2D eigenvalue weighted by Crippen LogP contribution is -2.13. The minimum absolute atomic E-state index is 0.000484. The lowest BCUT2D eigenvalue weighted by Gasteiger charge is -2.13. The van der Waals surface area contributed by atoms with Crippen LogP contribution in [-0.2, 0) is 6.42 Å². The van der Waals surface area contributed by atoms with Gasteiger partial charge in [-0.2, -0.15) is 4.98 Å². The molecule has 2 aromatic carbocycles. The zero-order valence-corrected chi connectivity index (χ0v) is 19.4. The first-order chi connectivity index (χ1) is 16.8. The van der Waals surface area contributed by atoms with E-state index in [2.05, 4.69) is 21.8 Å². The molecule has 1 saturated carbocycles. The fraction of sp³-hybridized carbons (Fsp3) is 0.231. The SMILES string of the molecule is COc1cc(Cc2cnc(N)nc2N)cc(C#Cc2cc(C(N)=O)ccc2C(=O)C2CC2)c1OC. The van der Waals surface area contributed by atoms with Gasteiger partial charge in [-0.25, -0.2) is 4.98 Å². The van der Waals surface area contributed by atoms with Gasteiger partial charge in [0.15, 0.2) is 17.3 Å². The minimum atomic E-state index is -0.594.